The minimum Gasteiger partial charge on any atom is -0.491 e. The van der Waals surface area contributed by atoms with Gasteiger partial charge in [-0.3, -0.25) is 4.90 Å². The summed E-state index contributed by atoms with van der Waals surface area (Å²) in [6.45, 7) is 7.85. The summed E-state index contributed by atoms with van der Waals surface area (Å²) in [6.07, 6.45) is -0.583. The van der Waals surface area contributed by atoms with Gasteiger partial charge < -0.3 is 23.9 Å². The lowest BCUT2D eigenvalue weighted by Crippen LogP contribution is -2.42. The first-order valence-corrected chi connectivity index (χ1v) is 9.38. The van der Waals surface area contributed by atoms with E-state index in [1.54, 1.807) is 6.92 Å². The molecule has 1 atom stereocenters. The van der Waals surface area contributed by atoms with Crippen molar-refractivity contribution in [2.75, 3.05) is 46.1 Å². The molecule has 1 N–H and O–H groups in total. The van der Waals surface area contributed by atoms with Crippen molar-refractivity contribution in [1.29, 1.82) is 0 Å². The topological polar surface area (TPSA) is 73.2 Å². The number of hydrogen-bond donors (Lipinski definition) is 1. The summed E-state index contributed by atoms with van der Waals surface area (Å²) in [5.74, 6) is 0.296. The normalized spacial score (nSPS) is 16.4. The third-order valence-corrected chi connectivity index (χ3v) is 4.96. The molecule has 0 radical (unpaired) electrons. The summed E-state index contributed by atoms with van der Waals surface area (Å²) in [4.78, 5) is 14.5. The predicted octanol–water partition coefficient (Wildman–Crippen LogP) is 1.74. The van der Waals surface area contributed by atoms with E-state index < -0.39 is 6.10 Å². The number of rotatable bonds is 7. The molecule has 1 aliphatic heterocycles. The Labute approximate surface area is 159 Å². The molecule has 148 valence electrons. The summed E-state index contributed by atoms with van der Waals surface area (Å²) in [7, 11) is 1.92. The van der Waals surface area contributed by atoms with Gasteiger partial charge in [-0.1, -0.05) is 0 Å². The first kappa shape index (κ1) is 19.7. The molecule has 0 unspecified atom stereocenters. The molecule has 1 fully saturated rings. The van der Waals surface area contributed by atoms with E-state index in [-0.39, 0.29) is 12.6 Å². The van der Waals surface area contributed by atoms with Crippen molar-refractivity contribution >= 4 is 16.9 Å². The maximum Gasteiger partial charge on any atom is 0.340 e. The van der Waals surface area contributed by atoms with Crippen LogP contribution >= 0.6 is 0 Å². The van der Waals surface area contributed by atoms with E-state index in [9.17, 15) is 9.90 Å². The average molecular weight is 376 g/mol. The molecule has 1 aromatic heterocycles. The molecule has 7 heteroatoms. The Morgan fingerprint density at radius 1 is 1.33 bits per heavy atom. The molecule has 27 heavy (non-hydrogen) atoms. The van der Waals surface area contributed by atoms with Gasteiger partial charge in [-0.25, -0.2) is 4.79 Å². The SMILES string of the molecule is CCOC(=O)c1c(C)n(C)c2ccc(OC[C@H](O)CN3CCOCC3)cc12. The lowest BCUT2D eigenvalue weighted by atomic mass is 10.1. The number of aliphatic hydroxyl groups is 1. The van der Waals surface area contributed by atoms with Gasteiger partial charge in [0.1, 0.15) is 18.5 Å². The van der Waals surface area contributed by atoms with Crippen LogP contribution in [0.15, 0.2) is 18.2 Å². The van der Waals surface area contributed by atoms with Crippen LogP contribution in [-0.2, 0) is 16.5 Å². The van der Waals surface area contributed by atoms with Crippen molar-refractivity contribution in [3.63, 3.8) is 0 Å². The second-order valence-corrected chi connectivity index (χ2v) is 6.80. The maximum atomic E-state index is 12.4. The number of β-amino-alcohol motifs (C(OH)–C–C–N with tert-alkyl or cyclic N) is 1. The fourth-order valence-corrected chi connectivity index (χ4v) is 3.43. The lowest BCUT2D eigenvalue weighted by molar-refractivity contribution is 0.00466. The predicted molar refractivity (Wildman–Crippen MR) is 102 cm³/mol. The number of carbonyl (C=O) groups excluding carboxylic acids is 1. The molecule has 2 heterocycles. The third-order valence-electron chi connectivity index (χ3n) is 4.96. The Morgan fingerprint density at radius 3 is 2.78 bits per heavy atom. The van der Waals surface area contributed by atoms with Gasteiger partial charge in [0.15, 0.2) is 0 Å². The van der Waals surface area contributed by atoms with Crippen LogP contribution in [0.2, 0.25) is 0 Å². The fourth-order valence-electron chi connectivity index (χ4n) is 3.43. The highest BCUT2D eigenvalue weighted by atomic mass is 16.5. The van der Waals surface area contributed by atoms with Gasteiger partial charge in [0.25, 0.3) is 0 Å². The van der Waals surface area contributed by atoms with E-state index in [1.165, 1.54) is 0 Å². The van der Waals surface area contributed by atoms with Crippen molar-refractivity contribution in [3.8, 4) is 5.75 Å². The fraction of sp³-hybridized carbons (Fsp3) is 0.550. The molecule has 0 saturated carbocycles. The number of morpholine rings is 1. The highest BCUT2D eigenvalue weighted by Gasteiger charge is 2.20. The Balaban J connectivity index is 1.71. The van der Waals surface area contributed by atoms with Crippen LogP contribution in [0, 0.1) is 6.92 Å². The number of benzene rings is 1. The Morgan fingerprint density at radius 2 is 2.07 bits per heavy atom. The average Bonchev–Trinajstić information content (AvgIpc) is 2.91. The van der Waals surface area contributed by atoms with E-state index in [2.05, 4.69) is 4.90 Å². The van der Waals surface area contributed by atoms with E-state index in [4.69, 9.17) is 14.2 Å². The lowest BCUT2D eigenvalue weighted by Gasteiger charge is -2.28. The smallest absolute Gasteiger partial charge is 0.340 e. The highest BCUT2D eigenvalue weighted by molar-refractivity contribution is 6.06. The molecule has 0 amide bonds. The number of hydrogen-bond acceptors (Lipinski definition) is 6. The summed E-state index contributed by atoms with van der Waals surface area (Å²) in [5, 5.41) is 11.1. The van der Waals surface area contributed by atoms with Gasteiger partial charge in [0.05, 0.1) is 25.4 Å². The second kappa shape index (κ2) is 8.73. The molecule has 0 aliphatic carbocycles. The Bertz CT molecular complexity index is 795. The number of aromatic nitrogens is 1. The maximum absolute atomic E-state index is 12.4. The first-order chi connectivity index (χ1) is 13.0. The molecule has 0 bridgehead atoms. The summed E-state index contributed by atoms with van der Waals surface area (Å²) in [5.41, 5.74) is 2.36. The van der Waals surface area contributed by atoms with Crippen LogP contribution in [-0.4, -0.2) is 72.7 Å². The summed E-state index contributed by atoms with van der Waals surface area (Å²) in [6, 6.07) is 5.63. The van der Waals surface area contributed by atoms with Gasteiger partial charge >= 0.3 is 5.97 Å². The molecule has 1 saturated heterocycles. The number of aliphatic hydroxyl groups excluding tert-OH is 1. The third kappa shape index (κ3) is 4.43. The van der Waals surface area contributed by atoms with Crippen LogP contribution in [0.25, 0.3) is 10.9 Å². The van der Waals surface area contributed by atoms with Crippen LogP contribution in [0.5, 0.6) is 5.75 Å². The number of nitrogens with zero attached hydrogens (tertiary/aromatic N) is 2. The monoisotopic (exact) mass is 376 g/mol. The molecule has 1 aliphatic rings. The van der Waals surface area contributed by atoms with Gasteiger partial charge in [0, 0.05) is 43.3 Å². The zero-order chi connectivity index (χ0) is 19.4. The molecule has 1 aromatic carbocycles. The van der Waals surface area contributed by atoms with Gasteiger partial charge in [0.2, 0.25) is 0 Å². The standard InChI is InChI=1S/C20H28N2O5/c1-4-26-20(24)19-14(2)21(3)18-6-5-16(11-17(18)19)27-13-15(23)12-22-7-9-25-10-8-22/h5-6,11,15,23H,4,7-10,12-13H2,1-3H3/t15-/m1/s1. The van der Waals surface area contributed by atoms with Crippen LogP contribution in [0.3, 0.4) is 0 Å². The zero-order valence-electron chi connectivity index (χ0n) is 16.2. The molecule has 3 rings (SSSR count). The van der Waals surface area contributed by atoms with Crippen molar-refractivity contribution in [1.82, 2.24) is 9.47 Å². The van der Waals surface area contributed by atoms with Gasteiger partial charge in [-0.2, -0.15) is 0 Å². The molecule has 2 aromatic rings. The zero-order valence-corrected chi connectivity index (χ0v) is 16.2. The first-order valence-electron chi connectivity index (χ1n) is 9.38. The molecule has 0 spiro atoms. The van der Waals surface area contributed by atoms with E-state index >= 15 is 0 Å². The summed E-state index contributed by atoms with van der Waals surface area (Å²) >= 11 is 0. The number of ether oxygens (including phenoxy) is 3. The molecule has 7 nitrogen and oxygen atoms in total. The Kier molecular flexibility index (Phi) is 6.36. The van der Waals surface area contributed by atoms with E-state index in [0.717, 1.165) is 29.7 Å². The molecular weight excluding hydrogens is 348 g/mol. The minimum atomic E-state index is -0.583. The summed E-state index contributed by atoms with van der Waals surface area (Å²) < 4.78 is 18.3. The number of esters is 1. The second-order valence-electron chi connectivity index (χ2n) is 6.80. The van der Waals surface area contributed by atoms with Gasteiger partial charge in [-0.15, -0.1) is 0 Å². The van der Waals surface area contributed by atoms with Crippen molar-refractivity contribution < 1.29 is 24.1 Å². The van der Waals surface area contributed by atoms with Crippen LogP contribution in [0.4, 0.5) is 0 Å². The van der Waals surface area contributed by atoms with Crippen LogP contribution in [0.1, 0.15) is 23.0 Å². The number of aryl methyl sites for hydroxylation is 1. The van der Waals surface area contributed by atoms with Gasteiger partial charge in [-0.05, 0) is 32.0 Å². The van der Waals surface area contributed by atoms with Crippen molar-refractivity contribution in [3.05, 3.63) is 29.5 Å². The van der Waals surface area contributed by atoms with Crippen molar-refractivity contribution in [2.45, 2.75) is 20.0 Å². The van der Waals surface area contributed by atoms with E-state index in [0.29, 0.717) is 37.7 Å². The Hall–Kier alpha value is -2.09. The highest BCUT2D eigenvalue weighted by Crippen LogP contribution is 2.29. The van der Waals surface area contributed by atoms with Crippen LogP contribution < -0.4 is 4.74 Å². The quantitative estimate of drug-likeness (QED) is 0.742. The largest absolute Gasteiger partial charge is 0.491 e. The van der Waals surface area contributed by atoms with Crippen molar-refractivity contribution in [2.24, 2.45) is 7.05 Å². The number of fused-ring (bicyclic) bond motifs is 1. The minimum absolute atomic E-state index is 0.198. The van der Waals surface area contributed by atoms with E-state index in [1.807, 2.05) is 36.7 Å². The molecular formula is C20H28N2O5. The number of carbonyl (C=O) groups is 1.